The molecule has 4 nitrogen and oxygen atoms in total. The maximum atomic E-state index is 11.9. The van der Waals surface area contributed by atoms with E-state index in [0.29, 0.717) is 11.6 Å². The second kappa shape index (κ2) is 8.25. The van der Waals surface area contributed by atoms with Gasteiger partial charge in [0, 0.05) is 5.02 Å². The van der Waals surface area contributed by atoms with E-state index < -0.39 is 6.10 Å². The lowest BCUT2D eigenvalue weighted by Gasteiger charge is -2.23. The largest absolute Gasteiger partial charge is 0.386 e. The van der Waals surface area contributed by atoms with Crippen molar-refractivity contribution in [3.05, 3.63) is 34.9 Å². The van der Waals surface area contributed by atoms with Gasteiger partial charge in [-0.15, -0.1) is 0 Å². The van der Waals surface area contributed by atoms with Crippen LogP contribution in [0.3, 0.4) is 0 Å². The summed E-state index contributed by atoms with van der Waals surface area (Å²) in [5.74, 6) is -0.0748. The number of carbonyl (C=O) groups is 1. The number of benzene rings is 1. The summed E-state index contributed by atoms with van der Waals surface area (Å²) in [4.78, 5) is 13.9. The lowest BCUT2D eigenvalue weighted by Crippen LogP contribution is -2.43. The molecule has 0 fully saturated rings. The van der Waals surface area contributed by atoms with Gasteiger partial charge in [-0.2, -0.15) is 0 Å². The van der Waals surface area contributed by atoms with Gasteiger partial charge < -0.3 is 10.4 Å². The van der Waals surface area contributed by atoms with Crippen LogP contribution in [0, 0.1) is 0 Å². The third-order valence-electron chi connectivity index (χ3n) is 3.34. The van der Waals surface area contributed by atoms with Crippen LogP contribution in [0.1, 0.15) is 32.4 Å². The van der Waals surface area contributed by atoms with Gasteiger partial charge in [-0.05, 0) is 37.7 Å². The van der Waals surface area contributed by atoms with Gasteiger partial charge in [0.1, 0.15) is 0 Å². The van der Waals surface area contributed by atoms with Crippen molar-refractivity contribution in [1.82, 2.24) is 10.2 Å². The van der Waals surface area contributed by atoms with Crippen LogP contribution >= 0.6 is 11.6 Å². The normalized spacial score (nSPS) is 14.1. The molecule has 0 saturated heterocycles. The monoisotopic (exact) mass is 298 g/mol. The van der Waals surface area contributed by atoms with Crippen LogP contribution in [0.15, 0.2) is 24.3 Å². The molecule has 2 N–H and O–H groups in total. The lowest BCUT2D eigenvalue weighted by molar-refractivity contribution is -0.123. The zero-order valence-electron chi connectivity index (χ0n) is 12.3. The topological polar surface area (TPSA) is 52.6 Å². The van der Waals surface area contributed by atoms with Crippen LogP contribution in [0.5, 0.6) is 0 Å². The lowest BCUT2D eigenvalue weighted by atomic mass is 10.0. The quantitative estimate of drug-likeness (QED) is 0.811. The Hall–Kier alpha value is -1.10. The highest BCUT2D eigenvalue weighted by atomic mass is 35.5. The van der Waals surface area contributed by atoms with Crippen LogP contribution in [0.2, 0.25) is 5.02 Å². The number of amides is 1. The summed E-state index contributed by atoms with van der Waals surface area (Å²) in [7, 11) is 0. The predicted octanol–water partition coefficient (Wildman–Crippen LogP) is 2.22. The van der Waals surface area contributed by atoms with E-state index in [-0.39, 0.29) is 11.9 Å². The smallest absolute Gasteiger partial charge is 0.234 e. The molecule has 0 radical (unpaired) electrons. The van der Waals surface area contributed by atoms with Crippen molar-refractivity contribution in [2.75, 3.05) is 19.6 Å². The molecule has 2 unspecified atom stereocenters. The molecule has 1 aromatic rings. The van der Waals surface area contributed by atoms with E-state index in [1.54, 1.807) is 31.2 Å². The van der Waals surface area contributed by atoms with E-state index in [1.165, 1.54) is 0 Å². The Morgan fingerprint density at radius 3 is 2.35 bits per heavy atom. The van der Waals surface area contributed by atoms with Gasteiger partial charge in [-0.1, -0.05) is 37.6 Å². The van der Waals surface area contributed by atoms with Gasteiger partial charge in [0.05, 0.1) is 18.7 Å². The third kappa shape index (κ3) is 5.12. The molecule has 0 spiro atoms. The summed E-state index contributed by atoms with van der Waals surface area (Å²) in [6.45, 7) is 7.84. The number of halogens is 1. The molecule has 2 atom stereocenters. The number of likely N-dealkylation sites (N-methyl/N-ethyl adjacent to an activating group) is 1. The molecule has 0 aliphatic heterocycles. The van der Waals surface area contributed by atoms with Crippen molar-refractivity contribution in [2.24, 2.45) is 0 Å². The molecule has 0 saturated carbocycles. The van der Waals surface area contributed by atoms with E-state index in [9.17, 15) is 9.90 Å². The summed E-state index contributed by atoms with van der Waals surface area (Å²) < 4.78 is 0. The van der Waals surface area contributed by atoms with Crippen molar-refractivity contribution in [3.8, 4) is 0 Å². The van der Waals surface area contributed by atoms with E-state index in [2.05, 4.69) is 5.32 Å². The molecule has 0 aromatic heterocycles. The molecular weight excluding hydrogens is 276 g/mol. The Morgan fingerprint density at radius 2 is 1.85 bits per heavy atom. The summed E-state index contributed by atoms with van der Waals surface area (Å²) in [6, 6.07) is 6.63. The molecule has 0 aliphatic rings. The molecule has 1 amide bonds. The molecule has 0 aliphatic carbocycles. The van der Waals surface area contributed by atoms with Crippen LogP contribution in [0.25, 0.3) is 0 Å². The Balaban J connectivity index is 2.55. The highest BCUT2D eigenvalue weighted by molar-refractivity contribution is 6.30. The first-order chi connectivity index (χ1) is 9.47. The number of carbonyl (C=O) groups excluding carboxylic acids is 1. The van der Waals surface area contributed by atoms with Crippen molar-refractivity contribution < 1.29 is 9.90 Å². The second-order valence-corrected chi connectivity index (χ2v) is 5.25. The van der Waals surface area contributed by atoms with E-state index >= 15 is 0 Å². The van der Waals surface area contributed by atoms with Crippen molar-refractivity contribution >= 4 is 17.5 Å². The van der Waals surface area contributed by atoms with Gasteiger partial charge in [0.2, 0.25) is 5.91 Å². The molecule has 1 aromatic carbocycles. The first-order valence-electron chi connectivity index (χ1n) is 6.93. The highest BCUT2D eigenvalue weighted by Crippen LogP contribution is 2.19. The van der Waals surface area contributed by atoms with Crippen LogP contribution < -0.4 is 5.32 Å². The van der Waals surface area contributed by atoms with E-state index in [1.807, 2.05) is 18.7 Å². The fourth-order valence-corrected chi connectivity index (χ4v) is 2.10. The van der Waals surface area contributed by atoms with Crippen molar-refractivity contribution in [3.63, 3.8) is 0 Å². The Labute approximate surface area is 125 Å². The summed E-state index contributed by atoms with van der Waals surface area (Å²) >= 11 is 5.81. The molecular formula is C15H23ClN2O2. The van der Waals surface area contributed by atoms with Crippen LogP contribution in [-0.4, -0.2) is 41.6 Å². The molecule has 1 rings (SSSR count). The minimum Gasteiger partial charge on any atom is -0.386 e. The molecule has 0 bridgehead atoms. The second-order valence-electron chi connectivity index (χ2n) is 4.81. The first kappa shape index (κ1) is 17.0. The summed E-state index contributed by atoms with van der Waals surface area (Å²) in [5, 5.41) is 13.7. The molecule has 112 valence electrons. The Bertz CT molecular complexity index is 418. The van der Waals surface area contributed by atoms with Gasteiger partial charge in [0.15, 0.2) is 0 Å². The van der Waals surface area contributed by atoms with E-state index in [0.717, 1.165) is 18.7 Å². The fraction of sp³-hybridized carbons (Fsp3) is 0.533. The maximum Gasteiger partial charge on any atom is 0.234 e. The standard InChI is InChI=1S/C15H23ClN2O2/c1-4-18(5-2)10-14(19)17-11(3)15(20)12-6-8-13(16)9-7-12/h6-9,11,15,20H,4-5,10H2,1-3H3,(H,17,19). The SMILES string of the molecule is CCN(CC)CC(=O)NC(C)C(O)c1ccc(Cl)cc1. The number of hydrogen-bond acceptors (Lipinski definition) is 3. The maximum absolute atomic E-state index is 11.9. The zero-order valence-corrected chi connectivity index (χ0v) is 13.0. The number of rotatable bonds is 7. The minimum atomic E-state index is -0.743. The van der Waals surface area contributed by atoms with Gasteiger partial charge in [-0.25, -0.2) is 0 Å². The zero-order chi connectivity index (χ0) is 15.1. The number of aliphatic hydroxyl groups is 1. The van der Waals surface area contributed by atoms with Gasteiger partial charge in [-0.3, -0.25) is 9.69 Å². The van der Waals surface area contributed by atoms with E-state index in [4.69, 9.17) is 11.6 Å². The van der Waals surface area contributed by atoms with Crippen molar-refractivity contribution in [1.29, 1.82) is 0 Å². The van der Waals surface area contributed by atoms with Crippen LogP contribution in [0.4, 0.5) is 0 Å². The van der Waals surface area contributed by atoms with Gasteiger partial charge in [0.25, 0.3) is 0 Å². The number of nitrogens with zero attached hydrogens (tertiary/aromatic N) is 1. The Morgan fingerprint density at radius 1 is 1.30 bits per heavy atom. The summed E-state index contributed by atoms with van der Waals surface area (Å²) in [5.41, 5.74) is 0.741. The summed E-state index contributed by atoms with van der Waals surface area (Å²) in [6.07, 6.45) is -0.743. The minimum absolute atomic E-state index is 0.0748. The predicted molar refractivity (Wildman–Crippen MR) is 81.8 cm³/mol. The average molecular weight is 299 g/mol. The average Bonchev–Trinajstić information content (AvgIpc) is 2.44. The molecule has 0 heterocycles. The number of aliphatic hydroxyl groups excluding tert-OH is 1. The highest BCUT2D eigenvalue weighted by Gasteiger charge is 2.19. The molecule has 20 heavy (non-hydrogen) atoms. The molecule has 5 heteroatoms. The van der Waals surface area contributed by atoms with Crippen LogP contribution in [-0.2, 0) is 4.79 Å². The fourth-order valence-electron chi connectivity index (χ4n) is 1.98. The van der Waals surface area contributed by atoms with Gasteiger partial charge >= 0.3 is 0 Å². The Kier molecular flexibility index (Phi) is 6.99. The number of hydrogen-bond donors (Lipinski definition) is 2. The van der Waals surface area contributed by atoms with Crippen molar-refractivity contribution in [2.45, 2.75) is 32.9 Å². The first-order valence-corrected chi connectivity index (χ1v) is 7.31. The number of nitrogens with one attached hydrogen (secondary N) is 1. The third-order valence-corrected chi connectivity index (χ3v) is 3.59.